The maximum atomic E-state index is 12.8. The van der Waals surface area contributed by atoms with Gasteiger partial charge in [0.1, 0.15) is 24.2 Å². The number of hydrogen-bond acceptors (Lipinski definition) is 10. The average Bonchev–Trinajstić information content (AvgIpc) is 3.24. The smallest absolute Gasteiger partial charge is 0.416 e. The van der Waals surface area contributed by atoms with Crippen molar-refractivity contribution in [2.45, 2.75) is 43.7 Å². The van der Waals surface area contributed by atoms with Crippen LogP contribution < -0.4 is 25.2 Å². The Kier molecular flexibility index (Phi) is 5.86. The SMILES string of the molecule is N#Cc1cnc2c(c1)N(CCN[C@H]1CC[C@H]3[C@@H](C1)OC(=O)N3c1ccc3c(n1)NC(=O)CO3)C(O)C=C2. The quantitative estimate of drug-likeness (QED) is 0.545. The van der Waals surface area contributed by atoms with Crippen molar-refractivity contribution in [2.24, 2.45) is 0 Å². The fourth-order valence-electron chi connectivity index (χ4n) is 5.34. The molecule has 1 saturated heterocycles. The standard InChI is InChI=1S/C25H25N7O5/c26-11-14-9-18-16(28-12-14)2-6-23(34)31(18)8-7-27-15-1-3-17-20(10-15)37-25(35)32(17)21-5-4-19-24(29-21)30-22(33)13-36-19/h2,4-6,9,12,15,17,20,23,27,34H,1,3,7-8,10,13H2,(H,29,30,33)/t15-,17-,20+,23?/m0/s1. The second kappa shape index (κ2) is 9.34. The van der Waals surface area contributed by atoms with Gasteiger partial charge in [-0.2, -0.15) is 5.26 Å². The first kappa shape index (κ1) is 23.2. The molecule has 0 bridgehead atoms. The number of nitriles is 1. The zero-order chi connectivity index (χ0) is 25.5. The number of carbonyl (C=O) groups excluding carboxylic acids is 2. The van der Waals surface area contributed by atoms with Crippen molar-refractivity contribution in [3.63, 3.8) is 0 Å². The van der Waals surface area contributed by atoms with Crippen LogP contribution in [0.4, 0.5) is 22.1 Å². The molecule has 6 rings (SSSR count). The van der Waals surface area contributed by atoms with Crippen LogP contribution in [0.15, 0.2) is 30.5 Å². The fourth-order valence-corrected chi connectivity index (χ4v) is 5.34. The van der Waals surface area contributed by atoms with E-state index in [1.807, 2.05) is 4.90 Å². The Morgan fingerprint density at radius 3 is 3.05 bits per heavy atom. The zero-order valence-electron chi connectivity index (χ0n) is 19.8. The number of carbonyl (C=O) groups is 2. The Hall–Kier alpha value is -4.21. The van der Waals surface area contributed by atoms with E-state index >= 15 is 0 Å². The highest BCUT2D eigenvalue weighted by atomic mass is 16.6. The Morgan fingerprint density at radius 2 is 2.19 bits per heavy atom. The predicted molar refractivity (Wildman–Crippen MR) is 132 cm³/mol. The van der Waals surface area contributed by atoms with Crippen LogP contribution in [0.5, 0.6) is 5.75 Å². The van der Waals surface area contributed by atoms with Gasteiger partial charge in [0.25, 0.3) is 5.91 Å². The van der Waals surface area contributed by atoms with E-state index in [0.29, 0.717) is 48.2 Å². The van der Waals surface area contributed by atoms with Crippen LogP contribution in [0.1, 0.15) is 30.5 Å². The third-order valence-corrected chi connectivity index (χ3v) is 7.11. The number of aliphatic hydroxyl groups excluding tert-OH is 1. The lowest BCUT2D eigenvalue weighted by Crippen LogP contribution is -2.48. The number of nitrogens with one attached hydrogen (secondary N) is 2. The van der Waals surface area contributed by atoms with Gasteiger partial charge in [-0.15, -0.1) is 0 Å². The first-order chi connectivity index (χ1) is 18.0. The molecular formula is C25H25N7O5. The number of aliphatic hydroxyl groups is 1. The first-order valence-corrected chi connectivity index (χ1v) is 12.2. The number of nitrogens with zero attached hydrogens (tertiary/aromatic N) is 5. The van der Waals surface area contributed by atoms with Gasteiger partial charge < -0.3 is 30.1 Å². The Balaban J connectivity index is 1.08. The number of amides is 2. The topological polar surface area (TPSA) is 153 Å². The van der Waals surface area contributed by atoms with Crippen LogP contribution in [0, 0.1) is 11.3 Å². The number of pyridine rings is 2. The van der Waals surface area contributed by atoms with Crippen molar-refractivity contribution in [1.82, 2.24) is 15.3 Å². The number of hydrogen-bond donors (Lipinski definition) is 3. The lowest BCUT2D eigenvalue weighted by molar-refractivity contribution is -0.118. The predicted octanol–water partition coefficient (Wildman–Crippen LogP) is 1.37. The summed E-state index contributed by atoms with van der Waals surface area (Å²) in [4.78, 5) is 36.5. The van der Waals surface area contributed by atoms with Crippen molar-refractivity contribution in [2.75, 3.05) is 34.8 Å². The first-order valence-electron chi connectivity index (χ1n) is 12.2. The van der Waals surface area contributed by atoms with E-state index in [9.17, 15) is 20.0 Å². The highest BCUT2D eigenvalue weighted by Crippen LogP contribution is 2.37. The van der Waals surface area contributed by atoms with Crippen LogP contribution in [0.25, 0.3) is 6.08 Å². The van der Waals surface area contributed by atoms with Crippen LogP contribution in [-0.2, 0) is 9.53 Å². The van der Waals surface area contributed by atoms with Crippen molar-refractivity contribution in [3.05, 3.63) is 41.7 Å². The molecule has 1 saturated carbocycles. The van der Waals surface area contributed by atoms with Crippen molar-refractivity contribution in [3.8, 4) is 11.8 Å². The number of anilines is 3. The van der Waals surface area contributed by atoms with E-state index < -0.39 is 12.3 Å². The highest BCUT2D eigenvalue weighted by Gasteiger charge is 2.46. The summed E-state index contributed by atoms with van der Waals surface area (Å²) < 4.78 is 11.1. The molecule has 3 N–H and O–H groups in total. The van der Waals surface area contributed by atoms with E-state index in [1.165, 1.54) is 6.20 Å². The average molecular weight is 504 g/mol. The lowest BCUT2D eigenvalue weighted by Gasteiger charge is -2.35. The second-order valence-electron chi connectivity index (χ2n) is 9.38. The summed E-state index contributed by atoms with van der Waals surface area (Å²) in [5.41, 5.74) is 1.87. The third-order valence-electron chi connectivity index (χ3n) is 7.11. The van der Waals surface area contributed by atoms with Gasteiger partial charge in [-0.05, 0) is 43.2 Å². The number of fused-ring (bicyclic) bond motifs is 3. The van der Waals surface area contributed by atoms with Gasteiger partial charge in [0.05, 0.1) is 23.0 Å². The van der Waals surface area contributed by atoms with Gasteiger partial charge in [-0.25, -0.2) is 9.78 Å². The van der Waals surface area contributed by atoms with Crippen LogP contribution in [0.3, 0.4) is 0 Å². The summed E-state index contributed by atoms with van der Waals surface area (Å²) in [5, 5.41) is 25.9. The van der Waals surface area contributed by atoms with Crippen LogP contribution in [-0.4, -0.2) is 71.2 Å². The van der Waals surface area contributed by atoms with E-state index in [1.54, 1.807) is 35.3 Å². The Bertz CT molecular complexity index is 1320. The molecule has 2 aromatic heterocycles. The molecule has 12 heteroatoms. The monoisotopic (exact) mass is 503 g/mol. The summed E-state index contributed by atoms with van der Waals surface area (Å²) >= 11 is 0. The molecule has 2 aromatic rings. The highest BCUT2D eigenvalue weighted by molar-refractivity contribution is 5.95. The molecule has 12 nitrogen and oxygen atoms in total. The molecule has 37 heavy (non-hydrogen) atoms. The van der Waals surface area contributed by atoms with Crippen molar-refractivity contribution < 1.29 is 24.2 Å². The van der Waals surface area contributed by atoms with Gasteiger partial charge in [0, 0.05) is 31.7 Å². The number of aromatic nitrogens is 2. The Morgan fingerprint density at radius 1 is 1.30 bits per heavy atom. The molecule has 0 radical (unpaired) electrons. The summed E-state index contributed by atoms with van der Waals surface area (Å²) in [6.45, 7) is 1.04. The molecule has 4 atom stereocenters. The molecule has 1 aliphatic carbocycles. The van der Waals surface area contributed by atoms with E-state index in [2.05, 4.69) is 26.7 Å². The summed E-state index contributed by atoms with van der Waals surface area (Å²) in [7, 11) is 0. The van der Waals surface area contributed by atoms with Crippen molar-refractivity contribution in [1.29, 1.82) is 5.26 Å². The maximum absolute atomic E-state index is 12.8. The molecular weight excluding hydrogens is 478 g/mol. The lowest BCUT2D eigenvalue weighted by atomic mass is 9.88. The molecule has 190 valence electrons. The third kappa shape index (κ3) is 4.32. The number of ether oxygens (including phenoxy) is 2. The van der Waals surface area contributed by atoms with Gasteiger partial charge in [0.15, 0.2) is 18.2 Å². The molecule has 5 heterocycles. The van der Waals surface area contributed by atoms with E-state index in [4.69, 9.17) is 9.47 Å². The van der Waals surface area contributed by atoms with Gasteiger partial charge in [-0.3, -0.25) is 14.7 Å². The van der Waals surface area contributed by atoms with E-state index in [-0.39, 0.29) is 30.7 Å². The minimum Gasteiger partial charge on any atom is -0.480 e. The molecule has 0 aromatic carbocycles. The summed E-state index contributed by atoms with van der Waals surface area (Å²) in [5.74, 6) is 0.902. The normalized spacial score (nSPS) is 25.8. The molecule has 1 unspecified atom stereocenters. The second-order valence-corrected chi connectivity index (χ2v) is 9.38. The summed E-state index contributed by atoms with van der Waals surface area (Å²) in [6.07, 6.45) is 5.62. The summed E-state index contributed by atoms with van der Waals surface area (Å²) in [6, 6.07) is 7.22. The molecule has 2 amide bonds. The Labute approximate surface area is 212 Å². The zero-order valence-corrected chi connectivity index (χ0v) is 19.8. The minimum absolute atomic E-state index is 0.0589. The van der Waals surface area contributed by atoms with Crippen LogP contribution >= 0.6 is 0 Å². The van der Waals surface area contributed by atoms with Gasteiger partial charge in [0.2, 0.25) is 0 Å². The molecule has 3 aliphatic heterocycles. The maximum Gasteiger partial charge on any atom is 0.416 e. The van der Waals surface area contributed by atoms with Crippen molar-refractivity contribution >= 4 is 35.4 Å². The van der Waals surface area contributed by atoms with Gasteiger partial charge >= 0.3 is 6.09 Å². The van der Waals surface area contributed by atoms with Crippen LogP contribution in [0.2, 0.25) is 0 Å². The fraction of sp³-hybridized carbons (Fsp3) is 0.400. The van der Waals surface area contributed by atoms with E-state index in [0.717, 1.165) is 18.5 Å². The largest absolute Gasteiger partial charge is 0.480 e. The molecule has 4 aliphatic rings. The molecule has 2 fully saturated rings. The van der Waals surface area contributed by atoms with Gasteiger partial charge in [-0.1, -0.05) is 0 Å². The number of rotatable bonds is 5. The minimum atomic E-state index is -0.801. The molecule has 0 spiro atoms.